The monoisotopic (exact) mass is 331 g/mol. The number of nitrogens with zero attached hydrogens (tertiary/aromatic N) is 2. The molecule has 1 unspecified atom stereocenters. The van der Waals surface area contributed by atoms with E-state index in [1.807, 2.05) is 30.3 Å². The zero-order chi connectivity index (χ0) is 17.2. The van der Waals surface area contributed by atoms with E-state index in [1.165, 1.54) is 13.0 Å². The second kappa shape index (κ2) is 6.37. The van der Waals surface area contributed by atoms with Crippen LogP contribution in [0.15, 0.2) is 53.1 Å². The Labute approximate surface area is 137 Å². The molecule has 124 valence electrons. The minimum atomic E-state index is -1.58. The maximum Gasteiger partial charge on any atom is 0.263 e. The van der Waals surface area contributed by atoms with Crippen LogP contribution < -0.4 is 5.32 Å². The van der Waals surface area contributed by atoms with E-state index >= 15 is 0 Å². The van der Waals surface area contributed by atoms with Gasteiger partial charge in [0, 0.05) is 17.2 Å². The van der Waals surface area contributed by atoms with Gasteiger partial charge in [-0.3, -0.25) is 0 Å². The van der Waals surface area contributed by atoms with Crippen LogP contribution in [0, 0.1) is 11.6 Å². The lowest BCUT2D eigenvalue weighted by Crippen LogP contribution is -2.32. The van der Waals surface area contributed by atoms with Crippen LogP contribution in [0.25, 0.3) is 11.5 Å². The summed E-state index contributed by atoms with van der Waals surface area (Å²) in [6.45, 7) is 1.33. The fraction of sp³-hybridized carbons (Fsp3) is 0.176. The van der Waals surface area contributed by atoms with E-state index < -0.39 is 17.2 Å². The van der Waals surface area contributed by atoms with Crippen LogP contribution in [0.1, 0.15) is 12.5 Å². The average molecular weight is 331 g/mol. The van der Waals surface area contributed by atoms with Crippen molar-refractivity contribution < 1.29 is 18.4 Å². The minimum absolute atomic E-state index is 0.0248. The molecule has 24 heavy (non-hydrogen) atoms. The van der Waals surface area contributed by atoms with Gasteiger partial charge in [0.1, 0.15) is 17.2 Å². The normalized spacial score (nSPS) is 13.5. The van der Waals surface area contributed by atoms with E-state index in [1.54, 1.807) is 0 Å². The topological polar surface area (TPSA) is 71.2 Å². The van der Waals surface area contributed by atoms with Crippen LogP contribution in [0.5, 0.6) is 0 Å². The van der Waals surface area contributed by atoms with Gasteiger partial charge in [0.2, 0.25) is 0 Å². The highest BCUT2D eigenvalue weighted by atomic mass is 19.1. The zero-order valence-electron chi connectivity index (χ0n) is 12.8. The van der Waals surface area contributed by atoms with Crippen molar-refractivity contribution in [3.05, 3.63) is 65.7 Å². The van der Waals surface area contributed by atoms with Gasteiger partial charge in [0.05, 0.1) is 6.54 Å². The Bertz CT molecular complexity index is 835. The van der Waals surface area contributed by atoms with Gasteiger partial charge in [-0.1, -0.05) is 24.3 Å². The number of aliphatic hydroxyl groups is 1. The standard InChI is InChI=1S/C17H15F2N3O2/c1-17(23,13-8-7-12(18)9-14(13)19)10-20-16-21-15(24-22-16)11-5-3-2-4-6-11/h2-9,23H,10H2,1H3,(H,20,22). The van der Waals surface area contributed by atoms with Gasteiger partial charge in [-0.05, 0) is 30.3 Å². The second-order valence-corrected chi connectivity index (χ2v) is 5.54. The third-order valence-corrected chi connectivity index (χ3v) is 3.55. The molecule has 0 amide bonds. The lowest BCUT2D eigenvalue weighted by atomic mass is 9.95. The van der Waals surface area contributed by atoms with Crippen LogP contribution >= 0.6 is 0 Å². The molecule has 0 aliphatic heterocycles. The number of rotatable bonds is 5. The molecule has 0 radical (unpaired) electrons. The van der Waals surface area contributed by atoms with Crippen LogP contribution in [0.2, 0.25) is 0 Å². The van der Waals surface area contributed by atoms with Crippen molar-refractivity contribution >= 4 is 5.95 Å². The third-order valence-electron chi connectivity index (χ3n) is 3.55. The predicted octanol–water partition coefficient (Wildman–Crippen LogP) is 3.33. The summed E-state index contributed by atoms with van der Waals surface area (Å²) in [4.78, 5) is 4.16. The van der Waals surface area contributed by atoms with Gasteiger partial charge in [-0.2, -0.15) is 4.98 Å². The summed E-state index contributed by atoms with van der Waals surface area (Å²) >= 11 is 0. The van der Waals surface area contributed by atoms with Crippen molar-refractivity contribution in [3.8, 4) is 11.5 Å². The molecule has 0 saturated carbocycles. The highest BCUT2D eigenvalue weighted by molar-refractivity contribution is 5.53. The Balaban J connectivity index is 1.72. The van der Waals surface area contributed by atoms with Crippen molar-refractivity contribution in [2.75, 3.05) is 11.9 Å². The Morgan fingerprint density at radius 3 is 2.62 bits per heavy atom. The van der Waals surface area contributed by atoms with E-state index in [9.17, 15) is 13.9 Å². The second-order valence-electron chi connectivity index (χ2n) is 5.54. The first-order chi connectivity index (χ1) is 11.5. The third kappa shape index (κ3) is 3.41. The Hall–Kier alpha value is -2.80. The number of hydrogen-bond acceptors (Lipinski definition) is 5. The molecule has 0 fully saturated rings. The van der Waals surface area contributed by atoms with Crippen molar-refractivity contribution in [2.45, 2.75) is 12.5 Å². The number of nitrogens with one attached hydrogen (secondary N) is 1. The summed E-state index contributed by atoms with van der Waals surface area (Å²) in [5.41, 5.74) is -0.844. The van der Waals surface area contributed by atoms with Crippen LogP contribution in [0.4, 0.5) is 14.7 Å². The summed E-state index contributed by atoms with van der Waals surface area (Å²) in [7, 11) is 0. The summed E-state index contributed by atoms with van der Waals surface area (Å²) in [5, 5.41) is 17.0. The molecule has 1 heterocycles. The molecular weight excluding hydrogens is 316 g/mol. The van der Waals surface area contributed by atoms with Gasteiger partial charge in [0.15, 0.2) is 0 Å². The van der Waals surface area contributed by atoms with Gasteiger partial charge >= 0.3 is 0 Å². The summed E-state index contributed by atoms with van der Waals surface area (Å²) in [6.07, 6.45) is 0. The lowest BCUT2D eigenvalue weighted by molar-refractivity contribution is 0.0672. The first-order valence-electron chi connectivity index (χ1n) is 7.26. The number of hydrogen-bond donors (Lipinski definition) is 2. The molecule has 0 aliphatic rings. The average Bonchev–Trinajstić information content (AvgIpc) is 3.02. The van der Waals surface area contributed by atoms with Crippen LogP contribution in [-0.2, 0) is 5.60 Å². The van der Waals surface area contributed by atoms with Crippen molar-refractivity contribution in [2.24, 2.45) is 0 Å². The van der Waals surface area contributed by atoms with Crippen LogP contribution in [-0.4, -0.2) is 21.8 Å². The molecule has 7 heteroatoms. The Morgan fingerprint density at radius 1 is 1.17 bits per heavy atom. The molecule has 0 aliphatic carbocycles. The first kappa shape index (κ1) is 16.1. The predicted molar refractivity (Wildman–Crippen MR) is 84.2 cm³/mol. The van der Waals surface area contributed by atoms with Crippen molar-refractivity contribution in [1.29, 1.82) is 0 Å². The number of benzene rings is 2. The zero-order valence-corrected chi connectivity index (χ0v) is 12.8. The minimum Gasteiger partial charge on any atom is -0.383 e. The summed E-state index contributed by atoms with van der Waals surface area (Å²) < 4.78 is 31.9. The highest BCUT2D eigenvalue weighted by Gasteiger charge is 2.27. The molecule has 0 saturated heterocycles. The summed E-state index contributed by atoms with van der Waals surface area (Å²) in [5.74, 6) is -1.03. The Morgan fingerprint density at radius 2 is 1.92 bits per heavy atom. The molecule has 0 spiro atoms. The van der Waals surface area contributed by atoms with Gasteiger partial charge < -0.3 is 14.9 Å². The highest BCUT2D eigenvalue weighted by Crippen LogP contribution is 2.25. The largest absolute Gasteiger partial charge is 0.383 e. The van der Waals surface area contributed by atoms with E-state index in [-0.39, 0.29) is 18.1 Å². The number of halogens is 2. The van der Waals surface area contributed by atoms with Crippen LogP contribution in [0.3, 0.4) is 0 Å². The number of anilines is 1. The van der Waals surface area contributed by atoms with E-state index in [2.05, 4.69) is 15.5 Å². The SMILES string of the molecule is CC(O)(CNc1noc(-c2ccccc2)n1)c1ccc(F)cc1F. The maximum atomic E-state index is 13.8. The Kier molecular flexibility index (Phi) is 4.26. The fourth-order valence-corrected chi connectivity index (χ4v) is 2.27. The number of aromatic nitrogens is 2. The molecule has 2 aromatic carbocycles. The molecule has 1 atom stereocenters. The van der Waals surface area contributed by atoms with E-state index in [0.29, 0.717) is 5.89 Å². The van der Waals surface area contributed by atoms with Gasteiger partial charge in [-0.25, -0.2) is 8.78 Å². The van der Waals surface area contributed by atoms with E-state index in [4.69, 9.17) is 4.52 Å². The van der Waals surface area contributed by atoms with E-state index in [0.717, 1.165) is 17.7 Å². The summed E-state index contributed by atoms with van der Waals surface area (Å²) in [6, 6.07) is 12.2. The molecule has 3 aromatic rings. The molecule has 0 bridgehead atoms. The lowest BCUT2D eigenvalue weighted by Gasteiger charge is -2.24. The van der Waals surface area contributed by atoms with Gasteiger partial charge in [0.25, 0.3) is 11.8 Å². The quantitative estimate of drug-likeness (QED) is 0.750. The molecule has 5 nitrogen and oxygen atoms in total. The van der Waals surface area contributed by atoms with Crippen molar-refractivity contribution in [1.82, 2.24) is 10.1 Å². The van der Waals surface area contributed by atoms with Gasteiger partial charge in [-0.15, -0.1) is 0 Å². The molecular formula is C17H15F2N3O2. The molecule has 2 N–H and O–H groups in total. The molecule has 3 rings (SSSR count). The molecule has 1 aromatic heterocycles. The first-order valence-corrected chi connectivity index (χ1v) is 7.26. The smallest absolute Gasteiger partial charge is 0.263 e. The van der Waals surface area contributed by atoms with Crippen molar-refractivity contribution in [3.63, 3.8) is 0 Å². The fourth-order valence-electron chi connectivity index (χ4n) is 2.27. The maximum absolute atomic E-state index is 13.8.